The molecule has 0 aliphatic rings. The van der Waals surface area contributed by atoms with Crippen molar-refractivity contribution in [3.8, 4) is 5.75 Å². The van der Waals surface area contributed by atoms with Crippen LogP contribution in [0.3, 0.4) is 0 Å². The molecule has 0 fully saturated rings. The molecule has 0 spiro atoms. The molecule has 0 saturated heterocycles. The fourth-order valence-corrected chi connectivity index (χ4v) is 2.88. The lowest BCUT2D eigenvalue weighted by Gasteiger charge is -2.17. The van der Waals surface area contributed by atoms with E-state index in [1.54, 1.807) is 18.2 Å². The fraction of sp³-hybridized carbons (Fsp3) is 0.316. The first-order valence-electron chi connectivity index (χ1n) is 8.27. The standard InChI is InChI=1S/C19H20Cl2F2N2O2/c1-25(11-14-3-2-4-16(20)18(14)21)12-17(26)24-10-9-13-5-7-15(8-6-13)27-19(22)23/h2-8,19H,9-12H2,1H3,(H,24,26). The summed E-state index contributed by atoms with van der Waals surface area (Å²) in [5.41, 5.74) is 1.77. The molecule has 0 unspecified atom stereocenters. The van der Waals surface area contributed by atoms with Gasteiger partial charge in [0, 0.05) is 13.1 Å². The molecule has 2 rings (SSSR count). The van der Waals surface area contributed by atoms with Gasteiger partial charge in [-0.25, -0.2) is 0 Å². The summed E-state index contributed by atoms with van der Waals surface area (Å²) < 4.78 is 28.5. The summed E-state index contributed by atoms with van der Waals surface area (Å²) in [6, 6.07) is 11.7. The maximum Gasteiger partial charge on any atom is 0.387 e. The molecule has 0 radical (unpaired) electrons. The van der Waals surface area contributed by atoms with Crippen molar-refractivity contribution < 1.29 is 18.3 Å². The Balaban J connectivity index is 1.73. The summed E-state index contributed by atoms with van der Waals surface area (Å²) in [6.07, 6.45) is 0.588. The number of ether oxygens (including phenoxy) is 1. The van der Waals surface area contributed by atoms with Crippen LogP contribution in [0.4, 0.5) is 8.78 Å². The molecule has 1 amide bonds. The molecule has 0 aliphatic heterocycles. The molecule has 0 aromatic heterocycles. The Morgan fingerprint density at radius 2 is 1.89 bits per heavy atom. The molecule has 8 heteroatoms. The number of hydrogen-bond acceptors (Lipinski definition) is 3. The number of likely N-dealkylation sites (N-methyl/N-ethyl adjacent to an activating group) is 1. The molecule has 27 heavy (non-hydrogen) atoms. The monoisotopic (exact) mass is 416 g/mol. The molecule has 2 aromatic rings. The molecule has 0 saturated carbocycles. The van der Waals surface area contributed by atoms with E-state index in [2.05, 4.69) is 10.1 Å². The summed E-state index contributed by atoms with van der Waals surface area (Å²) in [4.78, 5) is 13.9. The van der Waals surface area contributed by atoms with Crippen molar-refractivity contribution in [3.63, 3.8) is 0 Å². The van der Waals surface area contributed by atoms with Crippen LogP contribution in [0.1, 0.15) is 11.1 Å². The summed E-state index contributed by atoms with van der Waals surface area (Å²) in [5, 5.41) is 3.80. The highest BCUT2D eigenvalue weighted by Crippen LogP contribution is 2.26. The first-order valence-corrected chi connectivity index (χ1v) is 9.02. The van der Waals surface area contributed by atoms with E-state index in [4.69, 9.17) is 23.2 Å². The van der Waals surface area contributed by atoms with Crippen LogP contribution in [0.25, 0.3) is 0 Å². The topological polar surface area (TPSA) is 41.6 Å². The van der Waals surface area contributed by atoms with Gasteiger partial charge in [0.2, 0.25) is 5.91 Å². The van der Waals surface area contributed by atoms with Crippen LogP contribution in [0, 0.1) is 0 Å². The van der Waals surface area contributed by atoms with Crippen molar-refractivity contribution in [1.82, 2.24) is 10.2 Å². The molecule has 0 atom stereocenters. The normalized spacial score (nSPS) is 11.1. The Morgan fingerprint density at radius 3 is 2.56 bits per heavy atom. The Morgan fingerprint density at radius 1 is 1.19 bits per heavy atom. The van der Waals surface area contributed by atoms with E-state index in [1.165, 1.54) is 12.1 Å². The van der Waals surface area contributed by atoms with Gasteiger partial charge in [0.25, 0.3) is 0 Å². The van der Waals surface area contributed by atoms with Crippen molar-refractivity contribution in [3.05, 3.63) is 63.6 Å². The fourth-order valence-electron chi connectivity index (χ4n) is 2.50. The molecule has 0 aliphatic carbocycles. The van der Waals surface area contributed by atoms with Crippen LogP contribution in [-0.4, -0.2) is 37.6 Å². The Kier molecular flexibility index (Phi) is 8.28. The van der Waals surface area contributed by atoms with Crippen LogP contribution >= 0.6 is 23.2 Å². The van der Waals surface area contributed by atoms with Gasteiger partial charge < -0.3 is 10.1 Å². The lowest BCUT2D eigenvalue weighted by atomic mass is 10.1. The number of nitrogens with zero attached hydrogens (tertiary/aromatic N) is 1. The van der Waals surface area contributed by atoms with E-state index in [9.17, 15) is 13.6 Å². The molecule has 2 aromatic carbocycles. The van der Waals surface area contributed by atoms with E-state index in [1.807, 2.05) is 24.1 Å². The summed E-state index contributed by atoms with van der Waals surface area (Å²) in [5.74, 6) is -0.00705. The van der Waals surface area contributed by atoms with Crippen molar-refractivity contribution in [1.29, 1.82) is 0 Å². The van der Waals surface area contributed by atoms with Gasteiger partial charge in [-0.05, 0) is 42.8 Å². The maximum absolute atomic E-state index is 12.1. The Bertz CT molecular complexity index is 758. The lowest BCUT2D eigenvalue weighted by molar-refractivity contribution is -0.122. The number of alkyl halides is 2. The average molecular weight is 417 g/mol. The van der Waals surface area contributed by atoms with Crippen LogP contribution in [0.15, 0.2) is 42.5 Å². The minimum atomic E-state index is -2.84. The number of carbonyl (C=O) groups excluding carboxylic acids is 1. The first-order chi connectivity index (χ1) is 12.8. The highest BCUT2D eigenvalue weighted by atomic mass is 35.5. The SMILES string of the molecule is CN(CC(=O)NCCc1ccc(OC(F)F)cc1)Cc1cccc(Cl)c1Cl. The van der Waals surface area contributed by atoms with Gasteiger partial charge >= 0.3 is 6.61 Å². The summed E-state index contributed by atoms with van der Waals surface area (Å²) in [6.45, 7) is -1.68. The Labute approximate surface area is 167 Å². The number of hydrogen-bond donors (Lipinski definition) is 1. The molecule has 0 heterocycles. The Hall–Kier alpha value is -1.89. The molecule has 146 valence electrons. The van der Waals surface area contributed by atoms with Gasteiger partial charge in [0.05, 0.1) is 16.6 Å². The second-order valence-electron chi connectivity index (χ2n) is 6.01. The van der Waals surface area contributed by atoms with Crippen molar-refractivity contribution in [2.45, 2.75) is 19.6 Å². The minimum absolute atomic E-state index is 0.110. The number of carbonyl (C=O) groups is 1. The third kappa shape index (κ3) is 7.33. The summed E-state index contributed by atoms with van der Waals surface area (Å²) >= 11 is 12.1. The minimum Gasteiger partial charge on any atom is -0.435 e. The van der Waals surface area contributed by atoms with Crippen molar-refractivity contribution >= 4 is 29.1 Å². The number of rotatable bonds is 9. The molecule has 0 bridgehead atoms. The van der Waals surface area contributed by atoms with Crippen LogP contribution in [-0.2, 0) is 17.8 Å². The maximum atomic E-state index is 12.1. The van der Waals surface area contributed by atoms with Gasteiger partial charge in [-0.3, -0.25) is 9.69 Å². The number of amides is 1. The largest absolute Gasteiger partial charge is 0.435 e. The van der Waals surface area contributed by atoms with Gasteiger partial charge in [-0.1, -0.05) is 47.5 Å². The predicted octanol–water partition coefficient (Wildman–Crippen LogP) is 4.39. The zero-order valence-electron chi connectivity index (χ0n) is 14.7. The van der Waals surface area contributed by atoms with Crippen molar-refractivity contribution in [2.75, 3.05) is 20.1 Å². The highest BCUT2D eigenvalue weighted by Gasteiger charge is 2.10. The van der Waals surface area contributed by atoms with Gasteiger partial charge in [-0.15, -0.1) is 0 Å². The number of halogens is 4. The second kappa shape index (κ2) is 10.4. The summed E-state index contributed by atoms with van der Waals surface area (Å²) in [7, 11) is 1.82. The first kappa shape index (κ1) is 21.4. The molecular formula is C19H20Cl2F2N2O2. The van der Waals surface area contributed by atoms with Crippen molar-refractivity contribution in [2.24, 2.45) is 0 Å². The van der Waals surface area contributed by atoms with Gasteiger partial charge in [0.15, 0.2) is 0 Å². The van der Waals surface area contributed by atoms with E-state index < -0.39 is 6.61 Å². The average Bonchev–Trinajstić information content (AvgIpc) is 2.60. The zero-order valence-corrected chi connectivity index (χ0v) is 16.2. The van der Waals surface area contributed by atoms with E-state index >= 15 is 0 Å². The lowest BCUT2D eigenvalue weighted by Crippen LogP contribution is -2.35. The van der Waals surface area contributed by atoms with E-state index in [0.29, 0.717) is 29.6 Å². The number of nitrogens with one attached hydrogen (secondary N) is 1. The third-order valence-electron chi connectivity index (χ3n) is 3.77. The zero-order chi connectivity index (χ0) is 19.8. The molecule has 4 nitrogen and oxygen atoms in total. The second-order valence-corrected chi connectivity index (χ2v) is 6.79. The highest BCUT2D eigenvalue weighted by molar-refractivity contribution is 6.42. The van der Waals surface area contributed by atoms with Crippen LogP contribution in [0.2, 0.25) is 10.0 Å². The van der Waals surface area contributed by atoms with E-state index in [0.717, 1.165) is 11.1 Å². The molecule has 1 N–H and O–H groups in total. The quantitative estimate of drug-likeness (QED) is 0.658. The third-order valence-corrected chi connectivity index (χ3v) is 4.63. The number of benzene rings is 2. The predicted molar refractivity (Wildman–Crippen MR) is 103 cm³/mol. The van der Waals surface area contributed by atoms with Crippen LogP contribution in [0.5, 0.6) is 5.75 Å². The van der Waals surface area contributed by atoms with Crippen LogP contribution < -0.4 is 10.1 Å². The van der Waals surface area contributed by atoms with Gasteiger partial charge in [-0.2, -0.15) is 8.78 Å². The van der Waals surface area contributed by atoms with Gasteiger partial charge in [0.1, 0.15) is 5.75 Å². The van der Waals surface area contributed by atoms with E-state index in [-0.39, 0.29) is 18.2 Å². The molecular weight excluding hydrogens is 397 g/mol. The smallest absolute Gasteiger partial charge is 0.387 e.